The van der Waals surface area contributed by atoms with Crippen LogP contribution in [0.25, 0.3) is 0 Å². The summed E-state index contributed by atoms with van der Waals surface area (Å²) >= 11 is 0. The summed E-state index contributed by atoms with van der Waals surface area (Å²) < 4.78 is 0. The van der Waals surface area contributed by atoms with Gasteiger partial charge in [-0.1, -0.05) is 0 Å². The van der Waals surface area contributed by atoms with Crippen molar-refractivity contribution in [2.24, 2.45) is 0 Å². The first-order valence-corrected chi connectivity index (χ1v) is 2.95. The fourth-order valence-electron chi connectivity index (χ4n) is 0.685. The molecule has 0 saturated carbocycles. The van der Waals surface area contributed by atoms with Crippen molar-refractivity contribution in [1.82, 2.24) is 0 Å². The quantitative estimate of drug-likeness (QED) is 0.286. The lowest BCUT2D eigenvalue weighted by atomic mass is 10.1. The van der Waals surface area contributed by atoms with Crippen molar-refractivity contribution in [3.05, 3.63) is 23.8 Å². The summed E-state index contributed by atoms with van der Waals surface area (Å²) in [6.07, 6.45) is 1.43. The summed E-state index contributed by atoms with van der Waals surface area (Å²) in [5.41, 5.74) is 0.0367. The van der Waals surface area contributed by atoms with Crippen molar-refractivity contribution in [3.63, 3.8) is 0 Å². The maximum atomic E-state index is 10.6. The maximum absolute atomic E-state index is 10.6. The van der Waals surface area contributed by atoms with Gasteiger partial charge in [-0.05, 0) is 18.2 Å². The molecule has 0 aliphatic heterocycles. The first-order chi connectivity index (χ1) is 5.11. The van der Waals surface area contributed by atoms with Crippen LogP contribution in [0.2, 0.25) is 0 Å². The molecule has 0 atom stereocenters. The van der Waals surface area contributed by atoms with Crippen LogP contribution in [0.15, 0.2) is 23.8 Å². The van der Waals surface area contributed by atoms with Crippen LogP contribution in [0.5, 0.6) is 0 Å². The number of rotatable bonds is 1. The van der Waals surface area contributed by atoms with Gasteiger partial charge in [-0.25, -0.2) is 0 Å². The summed E-state index contributed by atoms with van der Waals surface area (Å²) in [4.78, 5) is 21.1. The molecule has 0 aromatic heterocycles. The summed E-state index contributed by atoms with van der Waals surface area (Å²) in [6.45, 7) is 0. The maximum Gasteiger partial charge on any atom is 0.226 e. The van der Waals surface area contributed by atoms with E-state index in [0.717, 1.165) is 12.2 Å². The van der Waals surface area contributed by atoms with E-state index >= 15 is 0 Å². The monoisotopic (exact) mass is 154 g/mol. The van der Waals surface area contributed by atoms with E-state index in [1.165, 1.54) is 6.08 Å². The average Bonchev–Trinajstić information content (AvgIpc) is 1.94. The molecule has 0 spiro atoms. The molecule has 0 bridgehead atoms. The Labute approximate surface area is 62.5 Å². The summed E-state index contributed by atoms with van der Waals surface area (Å²) in [6, 6.07) is 0. The van der Waals surface area contributed by atoms with Crippen molar-refractivity contribution in [2.45, 2.75) is 6.29 Å². The molecule has 1 rings (SSSR count). The Kier molecular flexibility index (Phi) is 1.98. The number of ketones is 2. The van der Waals surface area contributed by atoms with Crippen LogP contribution in [0.3, 0.4) is 0 Å². The molecule has 0 amide bonds. The van der Waals surface area contributed by atoms with Crippen molar-refractivity contribution < 1.29 is 19.8 Å². The van der Waals surface area contributed by atoms with E-state index in [2.05, 4.69) is 0 Å². The van der Waals surface area contributed by atoms with Gasteiger partial charge in [-0.2, -0.15) is 0 Å². The zero-order valence-corrected chi connectivity index (χ0v) is 5.52. The molecule has 2 N–H and O–H groups in total. The number of aliphatic hydroxyl groups excluding tert-OH is 1. The Balaban J connectivity index is 2.89. The molecule has 0 saturated heterocycles. The molecule has 0 aromatic rings. The normalized spacial score (nSPS) is 17.5. The van der Waals surface area contributed by atoms with E-state index < -0.39 is 17.9 Å². The van der Waals surface area contributed by atoms with E-state index in [0.29, 0.717) is 0 Å². The van der Waals surface area contributed by atoms with E-state index in [1.807, 2.05) is 0 Å². The molecule has 1 aliphatic rings. The number of hydrogen-bond donors (Lipinski definition) is 2. The minimum atomic E-state index is -1.69. The molecule has 0 fully saturated rings. The van der Waals surface area contributed by atoms with Crippen molar-refractivity contribution in [1.29, 1.82) is 0 Å². The van der Waals surface area contributed by atoms with Gasteiger partial charge < -0.3 is 10.2 Å². The van der Waals surface area contributed by atoms with Crippen LogP contribution >= 0.6 is 0 Å². The minimum absolute atomic E-state index is 0.0367. The van der Waals surface area contributed by atoms with Crippen LogP contribution in [0.4, 0.5) is 0 Å². The molecule has 4 heteroatoms. The number of carbonyl (C=O) groups excluding carboxylic acids is 2. The standard InChI is InChI=1S/C7H6O4/c8-5-2-1-4(7(10)11)3-6(5)9/h1-3,7,10-11H. The van der Waals surface area contributed by atoms with Gasteiger partial charge in [0.15, 0.2) is 6.29 Å². The zero-order valence-electron chi connectivity index (χ0n) is 5.52. The third kappa shape index (κ3) is 1.60. The van der Waals surface area contributed by atoms with Crippen LogP contribution in [0.1, 0.15) is 0 Å². The SMILES string of the molecule is O=C1C=CC(C(O)O)=CC1=O. The highest BCUT2D eigenvalue weighted by Gasteiger charge is 2.15. The first kappa shape index (κ1) is 7.84. The molecule has 0 heterocycles. The largest absolute Gasteiger partial charge is 0.364 e. The van der Waals surface area contributed by atoms with Crippen molar-refractivity contribution in [2.75, 3.05) is 0 Å². The van der Waals surface area contributed by atoms with Gasteiger partial charge in [-0.3, -0.25) is 9.59 Å². The predicted octanol–water partition coefficient (Wildman–Crippen LogP) is -1.07. The lowest BCUT2D eigenvalue weighted by molar-refractivity contribution is -0.131. The van der Waals surface area contributed by atoms with Crippen molar-refractivity contribution >= 4 is 11.6 Å². The fourth-order valence-corrected chi connectivity index (χ4v) is 0.685. The Morgan fingerprint density at radius 3 is 2.18 bits per heavy atom. The number of aliphatic hydroxyl groups is 2. The smallest absolute Gasteiger partial charge is 0.226 e. The van der Waals surface area contributed by atoms with Gasteiger partial charge in [0.1, 0.15) is 0 Å². The first-order valence-electron chi connectivity index (χ1n) is 2.95. The van der Waals surface area contributed by atoms with E-state index in [4.69, 9.17) is 10.2 Å². The molecule has 11 heavy (non-hydrogen) atoms. The molecule has 0 unspecified atom stereocenters. The lowest BCUT2D eigenvalue weighted by Gasteiger charge is -2.06. The van der Waals surface area contributed by atoms with Gasteiger partial charge in [0.25, 0.3) is 0 Å². The summed E-state index contributed by atoms with van der Waals surface area (Å²) in [5, 5.41) is 17.1. The third-order valence-electron chi connectivity index (χ3n) is 1.27. The molecule has 0 radical (unpaired) electrons. The van der Waals surface area contributed by atoms with Gasteiger partial charge in [-0.15, -0.1) is 0 Å². The van der Waals surface area contributed by atoms with E-state index in [9.17, 15) is 9.59 Å². The van der Waals surface area contributed by atoms with E-state index in [-0.39, 0.29) is 5.57 Å². The number of carbonyl (C=O) groups is 2. The minimum Gasteiger partial charge on any atom is -0.364 e. The zero-order chi connectivity index (χ0) is 8.43. The molecule has 4 nitrogen and oxygen atoms in total. The van der Waals surface area contributed by atoms with Crippen LogP contribution in [-0.4, -0.2) is 28.1 Å². The second kappa shape index (κ2) is 2.77. The highest BCUT2D eigenvalue weighted by Crippen LogP contribution is 2.07. The second-order valence-corrected chi connectivity index (χ2v) is 2.08. The Morgan fingerprint density at radius 1 is 1.09 bits per heavy atom. The summed E-state index contributed by atoms with van der Waals surface area (Å²) in [7, 11) is 0. The van der Waals surface area contributed by atoms with Crippen molar-refractivity contribution in [3.8, 4) is 0 Å². The third-order valence-corrected chi connectivity index (χ3v) is 1.27. The fraction of sp³-hybridized carbons (Fsp3) is 0.143. The number of hydrogen-bond acceptors (Lipinski definition) is 4. The second-order valence-electron chi connectivity index (χ2n) is 2.08. The van der Waals surface area contributed by atoms with Gasteiger partial charge in [0.05, 0.1) is 0 Å². The highest BCUT2D eigenvalue weighted by molar-refractivity contribution is 6.46. The molecule has 0 aromatic carbocycles. The van der Waals surface area contributed by atoms with E-state index in [1.54, 1.807) is 0 Å². The number of allylic oxidation sites excluding steroid dienone is 2. The molecule has 1 aliphatic carbocycles. The molecule has 58 valence electrons. The average molecular weight is 154 g/mol. The Hall–Kier alpha value is -1.26. The van der Waals surface area contributed by atoms with Crippen LogP contribution in [-0.2, 0) is 9.59 Å². The Bertz CT molecular complexity index is 260. The topological polar surface area (TPSA) is 74.6 Å². The van der Waals surface area contributed by atoms with Crippen LogP contribution in [0, 0.1) is 0 Å². The highest BCUT2D eigenvalue weighted by atomic mass is 16.5. The lowest BCUT2D eigenvalue weighted by Crippen LogP contribution is -2.17. The summed E-state index contributed by atoms with van der Waals surface area (Å²) in [5.74, 6) is -1.37. The van der Waals surface area contributed by atoms with Crippen LogP contribution < -0.4 is 0 Å². The van der Waals surface area contributed by atoms with Gasteiger partial charge in [0, 0.05) is 5.57 Å². The molecular weight excluding hydrogens is 148 g/mol. The predicted molar refractivity (Wildman–Crippen MR) is 35.5 cm³/mol. The molecular formula is C7H6O4. The van der Waals surface area contributed by atoms with Gasteiger partial charge >= 0.3 is 0 Å². The van der Waals surface area contributed by atoms with Gasteiger partial charge in [0.2, 0.25) is 11.6 Å². The Morgan fingerprint density at radius 2 is 1.73 bits per heavy atom.